The van der Waals surface area contributed by atoms with Crippen molar-refractivity contribution in [1.29, 1.82) is 0 Å². The van der Waals surface area contributed by atoms with Gasteiger partial charge < -0.3 is 9.16 Å². The van der Waals surface area contributed by atoms with E-state index in [9.17, 15) is 9.59 Å². The van der Waals surface area contributed by atoms with E-state index in [1.807, 2.05) is 46.1 Å². The number of aromatic nitrogens is 1. The van der Waals surface area contributed by atoms with Crippen LogP contribution in [-0.4, -0.2) is 37.3 Å². The minimum absolute atomic E-state index is 0.0603. The van der Waals surface area contributed by atoms with Gasteiger partial charge in [-0.05, 0) is 82.2 Å². The molecule has 0 fully saturated rings. The second-order valence-electron chi connectivity index (χ2n) is 14.2. The fraction of sp³-hybridized carbons (Fsp3) is 0.727. The van der Waals surface area contributed by atoms with Crippen LogP contribution in [-0.2, 0) is 18.8 Å². The molecule has 0 spiro atoms. The molecular formula is C33H55NO4SSi. The lowest BCUT2D eigenvalue weighted by Gasteiger charge is -2.43. The van der Waals surface area contributed by atoms with Crippen LogP contribution in [0.2, 0.25) is 18.1 Å². The lowest BCUT2D eigenvalue weighted by molar-refractivity contribution is -0.148. The number of Topliss-reactive ketones (excluding diaryl/α,β-unsaturated/α-hetero) is 1. The van der Waals surface area contributed by atoms with Crippen molar-refractivity contribution in [2.45, 2.75) is 138 Å². The third-order valence-corrected chi connectivity index (χ3v) is 14.3. The van der Waals surface area contributed by atoms with Gasteiger partial charge in [0.25, 0.3) is 0 Å². The summed E-state index contributed by atoms with van der Waals surface area (Å²) in [6.45, 7) is 25.7. The molecule has 0 saturated carbocycles. The molecule has 0 amide bonds. The van der Waals surface area contributed by atoms with Gasteiger partial charge in [-0.2, -0.15) is 0 Å². The Hall–Kier alpha value is -1.57. The minimum atomic E-state index is -2.09. The molecule has 1 aliphatic heterocycles. The van der Waals surface area contributed by atoms with Crippen molar-refractivity contribution in [2.24, 2.45) is 17.3 Å². The van der Waals surface area contributed by atoms with Crippen molar-refractivity contribution in [1.82, 2.24) is 4.98 Å². The average Bonchev–Trinajstić information content (AvgIpc) is 3.25. The van der Waals surface area contributed by atoms with Gasteiger partial charge >= 0.3 is 5.97 Å². The fourth-order valence-electron chi connectivity index (χ4n) is 5.13. The predicted molar refractivity (Wildman–Crippen MR) is 171 cm³/mol. The zero-order valence-electron chi connectivity index (χ0n) is 27.3. The molecule has 4 atom stereocenters. The Balaban J connectivity index is 2.36. The van der Waals surface area contributed by atoms with Gasteiger partial charge in [0.15, 0.2) is 8.32 Å². The number of hydrogen-bond acceptors (Lipinski definition) is 6. The van der Waals surface area contributed by atoms with Crippen molar-refractivity contribution in [3.8, 4) is 0 Å². The van der Waals surface area contributed by atoms with Gasteiger partial charge in [-0.1, -0.05) is 60.1 Å². The van der Waals surface area contributed by atoms with Crippen LogP contribution in [0.5, 0.6) is 0 Å². The Morgan fingerprint density at radius 1 is 1.18 bits per heavy atom. The second kappa shape index (κ2) is 14.1. The highest BCUT2D eigenvalue weighted by Crippen LogP contribution is 2.41. The van der Waals surface area contributed by atoms with Gasteiger partial charge in [-0.25, -0.2) is 4.98 Å². The quantitative estimate of drug-likeness (QED) is 0.199. The summed E-state index contributed by atoms with van der Waals surface area (Å²) in [5.74, 6) is -0.0832. The number of nitrogens with zero attached hydrogens (tertiary/aromatic N) is 1. The summed E-state index contributed by atoms with van der Waals surface area (Å²) < 4.78 is 13.0. The summed E-state index contributed by atoms with van der Waals surface area (Å²) in [7, 11) is -2.09. The van der Waals surface area contributed by atoms with E-state index in [2.05, 4.69) is 58.8 Å². The van der Waals surface area contributed by atoms with Crippen LogP contribution in [0, 0.1) is 24.2 Å². The summed E-state index contributed by atoms with van der Waals surface area (Å²) in [4.78, 5) is 31.6. The molecule has 0 N–H and O–H groups in total. The summed E-state index contributed by atoms with van der Waals surface area (Å²) in [5, 5.41) is 3.10. The Bertz CT molecular complexity index is 1080. The van der Waals surface area contributed by atoms with Crippen molar-refractivity contribution in [2.75, 3.05) is 0 Å². The smallest absolute Gasteiger partial charge is 0.306 e. The first-order chi connectivity index (χ1) is 18.3. The maximum Gasteiger partial charge on any atom is 0.306 e. The molecule has 2 heterocycles. The lowest BCUT2D eigenvalue weighted by Crippen LogP contribution is -2.50. The molecular weight excluding hydrogens is 535 g/mol. The summed E-state index contributed by atoms with van der Waals surface area (Å²) in [6.07, 6.45) is 8.04. The van der Waals surface area contributed by atoms with E-state index in [1.54, 1.807) is 11.3 Å². The Morgan fingerprint density at radius 2 is 1.82 bits per heavy atom. The first kappa shape index (κ1) is 34.6. The van der Waals surface area contributed by atoms with Gasteiger partial charge in [0.05, 0.1) is 16.8 Å². The number of ether oxygens (including phenoxy) is 1. The number of esters is 1. The van der Waals surface area contributed by atoms with Crippen LogP contribution in [0.3, 0.4) is 0 Å². The molecule has 2 unspecified atom stereocenters. The zero-order chi connectivity index (χ0) is 30.5. The van der Waals surface area contributed by atoms with Crippen LogP contribution in [0.4, 0.5) is 0 Å². The molecule has 0 saturated heterocycles. The third kappa shape index (κ3) is 9.76. The van der Waals surface area contributed by atoms with Gasteiger partial charge in [-0.15, -0.1) is 11.3 Å². The van der Waals surface area contributed by atoms with Crippen molar-refractivity contribution < 1.29 is 18.8 Å². The normalized spacial score (nSPS) is 28.1. The summed E-state index contributed by atoms with van der Waals surface area (Å²) in [5.41, 5.74) is 2.52. The standard InChI is InChI=1S/C33H55NO4SSi/c1-22-14-13-15-23(2)30(38-40(11,12)32(6,7)8)25(4)31(36)33(9,10)19-18-29(35)37-28(17-16-22)24(3)20-27-21-39-26(5)34-27/h16,20-21,23,25,28,30H,13-15,17-19H2,1-12H3/b22-16-,24-20+/t23?,25-,28+,30?/m1/s1. The van der Waals surface area contributed by atoms with E-state index in [0.717, 1.165) is 35.5 Å². The highest BCUT2D eigenvalue weighted by atomic mass is 32.1. The Labute approximate surface area is 249 Å². The largest absolute Gasteiger partial charge is 0.457 e. The molecule has 226 valence electrons. The van der Waals surface area contributed by atoms with E-state index in [-0.39, 0.29) is 47.3 Å². The molecule has 1 aromatic rings. The molecule has 1 aliphatic rings. The van der Waals surface area contributed by atoms with Gasteiger partial charge in [0.2, 0.25) is 0 Å². The maximum absolute atomic E-state index is 13.9. The molecule has 0 aromatic carbocycles. The van der Waals surface area contributed by atoms with Crippen LogP contribution in [0.15, 0.2) is 22.6 Å². The van der Waals surface area contributed by atoms with Crippen LogP contribution < -0.4 is 0 Å². The van der Waals surface area contributed by atoms with Crippen LogP contribution in [0.25, 0.3) is 6.08 Å². The number of carbonyl (C=O) groups excluding carboxylic acids is 2. The monoisotopic (exact) mass is 589 g/mol. The number of cyclic esters (lactones) is 1. The van der Waals surface area contributed by atoms with E-state index < -0.39 is 13.7 Å². The van der Waals surface area contributed by atoms with E-state index in [0.29, 0.717) is 12.8 Å². The molecule has 0 radical (unpaired) electrons. The van der Waals surface area contributed by atoms with Crippen molar-refractivity contribution in [3.05, 3.63) is 33.3 Å². The fourth-order valence-corrected chi connectivity index (χ4v) is 7.17. The highest BCUT2D eigenvalue weighted by molar-refractivity contribution is 7.09. The minimum Gasteiger partial charge on any atom is -0.457 e. The second-order valence-corrected chi connectivity index (χ2v) is 20.0. The SMILES string of the molecule is C/C1=C/C[C@@H](/C(C)=C/c2csc(C)n2)OC(=O)CCC(C)(C)C(=O)[C@H](C)C(O[Si](C)(C)C(C)(C)C)C(C)CCC1. The lowest BCUT2D eigenvalue weighted by atomic mass is 9.74. The number of hydrogen-bond donors (Lipinski definition) is 0. The Kier molecular flexibility index (Phi) is 12.2. The number of rotatable bonds is 4. The summed E-state index contributed by atoms with van der Waals surface area (Å²) in [6, 6.07) is 0. The molecule has 0 aliphatic carbocycles. The highest BCUT2D eigenvalue weighted by Gasteiger charge is 2.44. The van der Waals surface area contributed by atoms with E-state index in [4.69, 9.17) is 9.16 Å². The molecule has 0 bridgehead atoms. The number of thiazole rings is 1. The molecule has 1 aromatic heterocycles. The van der Waals surface area contributed by atoms with E-state index >= 15 is 0 Å². The average molecular weight is 590 g/mol. The predicted octanol–water partition coefficient (Wildman–Crippen LogP) is 9.33. The third-order valence-electron chi connectivity index (χ3n) is 9.03. The van der Waals surface area contributed by atoms with Gasteiger partial charge in [0.1, 0.15) is 11.9 Å². The molecule has 7 heteroatoms. The maximum atomic E-state index is 13.9. The molecule has 5 nitrogen and oxygen atoms in total. The first-order valence-corrected chi connectivity index (χ1v) is 18.8. The molecule has 40 heavy (non-hydrogen) atoms. The zero-order valence-corrected chi connectivity index (χ0v) is 29.1. The number of aryl methyl sites for hydroxylation is 1. The topological polar surface area (TPSA) is 65.5 Å². The number of carbonyl (C=O) groups is 2. The van der Waals surface area contributed by atoms with Gasteiger partial charge in [-0.3, -0.25) is 9.59 Å². The first-order valence-electron chi connectivity index (χ1n) is 15.0. The molecule has 2 rings (SSSR count). The summed E-state index contributed by atoms with van der Waals surface area (Å²) >= 11 is 1.61. The van der Waals surface area contributed by atoms with Crippen LogP contribution in [0.1, 0.15) is 112 Å². The number of ketones is 1. The van der Waals surface area contributed by atoms with Crippen molar-refractivity contribution >= 4 is 37.5 Å². The van der Waals surface area contributed by atoms with E-state index in [1.165, 1.54) is 5.57 Å². The number of allylic oxidation sites excluding steroid dienone is 1. The van der Waals surface area contributed by atoms with Crippen LogP contribution >= 0.6 is 11.3 Å². The Morgan fingerprint density at radius 3 is 2.40 bits per heavy atom. The van der Waals surface area contributed by atoms with Crippen molar-refractivity contribution in [3.63, 3.8) is 0 Å². The van der Waals surface area contributed by atoms with Gasteiger partial charge in [0, 0.05) is 29.6 Å².